The van der Waals surface area contributed by atoms with Gasteiger partial charge in [0.1, 0.15) is 11.9 Å². The van der Waals surface area contributed by atoms with Gasteiger partial charge in [-0.25, -0.2) is 9.48 Å². The molecule has 0 fully saturated rings. The number of hydrogen-bond acceptors (Lipinski definition) is 3. The first kappa shape index (κ1) is 17.3. The van der Waals surface area contributed by atoms with Crippen molar-refractivity contribution in [3.8, 4) is 0 Å². The highest BCUT2D eigenvalue weighted by molar-refractivity contribution is 7.55. The minimum absolute atomic E-state index is 0.321. The molecule has 1 rings (SSSR count). The summed E-state index contributed by atoms with van der Waals surface area (Å²) in [7, 11) is -4.05. The number of carbonyl (C=O) groups is 2. The van der Waals surface area contributed by atoms with Crippen LogP contribution in [-0.2, 0) is 20.3 Å². The number of carboxylic acid groups (broad SMARTS) is 2. The molecule has 0 amide bonds. The number of nitrogens with one attached hydrogen (secondary N) is 1. The Morgan fingerprint density at radius 1 is 1.24 bits per heavy atom. The van der Waals surface area contributed by atoms with E-state index in [1.165, 1.54) is 12.1 Å². The molecule has 0 spiro atoms. The maximum absolute atomic E-state index is 12.7. The molecule has 4 N–H and O–H groups in total. The largest absolute Gasteiger partial charge is 0.481 e. The van der Waals surface area contributed by atoms with Gasteiger partial charge >= 0.3 is 11.9 Å². The lowest BCUT2D eigenvalue weighted by Gasteiger charge is -2.18. The lowest BCUT2D eigenvalue weighted by atomic mass is 10.2. The summed E-state index contributed by atoms with van der Waals surface area (Å²) >= 11 is 0. The van der Waals surface area contributed by atoms with Crippen molar-refractivity contribution in [3.05, 3.63) is 35.6 Å². The molecule has 0 bridgehead atoms. The van der Waals surface area contributed by atoms with Gasteiger partial charge < -0.3 is 15.1 Å². The molecule has 0 radical (unpaired) electrons. The molecule has 0 aromatic heterocycles. The summed E-state index contributed by atoms with van der Waals surface area (Å²) in [5.74, 6) is -3.11. The summed E-state index contributed by atoms with van der Waals surface area (Å²) in [5, 5.41) is 19.5. The maximum atomic E-state index is 12.7. The first-order chi connectivity index (χ1) is 9.69. The second kappa shape index (κ2) is 7.31. The van der Waals surface area contributed by atoms with Crippen LogP contribution < -0.4 is 5.09 Å². The standard InChI is InChI=1S/C12H15FNO6P/c13-9-3-1-8(2-4-9)7-21(19,20)14-10(12(17)18)5-6-11(15)16/h1-4,10H,5-7H2,(H,15,16)(H,17,18)(H2,14,19,20). The molecular weight excluding hydrogens is 304 g/mol. The summed E-state index contributed by atoms with van der Waals surface area (Å²) in [6.07, 6.45) is -1.15. The summed E-state index contributed by atoms with van der Waals surface area (Å²) in [5.41, 5.74) is 0.358. The molecule has 0 heterocycles. The van der Waals surface area contributed by atoms with Crippen molar-refractivity contribution in [1.82, 2.24) is 5.09 Å². The zero-order valence-corrected chi connectivity index (χ0v) is 11.8. The van der Waals surface area contributed by atoms with Gasteiger partial charge in [-0.05, 0) is 24.1 Å². The Hall–Kier alpha value is -1.76. The fourth-order valence-electron chi connectivity index (χ4n) is 1.64. The van der Waals surface area contributed by atoms with E-state index in [2.05, 4.69) is 5.09 Å². The van der Waals surface area contributed by atoms with E-state index in [9.17, 15) is 23.4 Å². The van der Waals surface area contributed by atoms with Gasteiger partial charge in [-0.3, -0.25) is 14.2 Å². The minimum Gasteiger partial charge on any atom is -0.481 e. The van der Waals surface area contributed by atoms with Gasteiger partial charge in [-0.15, -0.1) is 0 Å². The van der Waals surface area contributed by atoms with Crippen molar-refractivity contribution in [3.63, 3.8) is 0 Å². The summed E-state index contributed by atoms with van der Waals surface area (Å²) in [6, 6.07) is 3.42. The van der Waals surface area contributed by atoms with Gasteiger partial charge in [0, 0.05) is 6.42 Å². The summed E-state index contributed by atoms with van der Waals surface area (Å²) < 4.78 is 24.7. The van der Waals surface area contributed by atoms with Gasteiger partial charge in [0.15, 0.2) is 0 Å². The summed E-state index contributed by atoms with van der Waals surface area (Å²) in [6.45, 7) is 0. The Balaban J connectivity index is 2.71. The molecule has 9 heteroatoms. The number of halogens is 1. The maximum Gasteiger partial charge on any atom is 0.321 e. The Bertz CT molecular complexity index is 561. The first-order valence-electron chi connectivity index (χ1n) is 5.98. The fourth-order valence-corrected chi connectivity index (χ4v) is 3.16. The van der Waals surface area contributed by atoms with Gasteiger partial charge in [0.25, 0.3) is 7.52 Å². The van der Waals surface area contributed by atoms with E-state index < -0.39 is 37.7 Å². The molecule has 2 atom stereocenters. The van der Waals surface area contributed by atoms with Crippen LogP contribution in [0.4, 0.5) is 4.39 Å². The second-order valence-electron chi connectivity index (χ2n) is 4.44. The zero-order chi connectivity index (χ0) is 16.0. The molecule has 116 valence electrons. The van der Waals surface area contributed by atoms with Crippen LogP contribution in [0.25, 0.3) is 0 Å². The molecule has 0 aliphatic carbocycles. The molecule has 0 aliphatic rings. The molecule has 0 saturated carbocycles. The number of hydrogen-bond donors (Lipinski definition) is 4. The zero-order valence-electron chi connectivity index (χ0n) is 10.9. The SMILES string of the molecule is O=C(O)CCC(NP(=O)(O)Cc1ccc(F)cc1)C(=O)O. The number of rotatable bonds is 8. The average Bonchev–Trinajstić information content (AvgIpc) is 2.36. The second-order valence-corrected chi connectivity index (χ2v) is 6.42. The molecule has 21 heavy (non-hydrogen) atoms. The van der Waals surface area contributed by atoms with Crippen LogP contribution in [0.1, 0.15) is 18.4 Å². The Labute approximate surface area is 119 Å². The Kier molecular flexibility index (Phi) is 6.02. The van der Waals surface area contributed by atoms with E-state index in [0.717, 1.165) is 12.1 Å². The highest BCUT2D eigenvalue weighted by atomic mass is 31.2. The average molecular weight is 319 g/mol. The molecule has 2 unspecified atom stereocenters. The molecular formula is C12H15FNO6P. The lowest BCUT2D eigenvalue weighted by molar-refractivity contribution is -0.140. The van der Waals surface area contributed by atoms with Gasteiger partial charge in [0.2, 0.25) is 0 Å². The molecule has 7 nitrogen and oxygen atoms in total. The van der Waals surface area contributed by atoms with Crippen molar-refractivity contribution in [2.75, 3.05) is 0 Å². The van der Waals surface area contributed by atoms with Crippen LogP contribution in [0.3, 0.4) is 0 Å². The minimum atomic E-state index is -4.05. The van der Waals surface area contributed by atoms with E-state index in [0.29, 0.717) is 5.56 Å². The molecule has 0 saturated heterocycles. The van der Waals surface area contributed by atoms with Gasteiger partial charge in [-0.1, -0.05) is 12.1 Å². The molecule has 0 aliphatic heterocycles. The first-order valence-corrected chi connectivity index (χ1v) is 7.83. The Morgan fingerprint density at radius 2 is 1.81 bits per heavy atom. The van der Waals surface area contributed by atoms with E-state index >= 15 is 0 Å². The molecule has 1 aromatic carbocycles. The number of carboxylic acids is 2. The topological polar surface area (TPSA) is 124 Å². The van der Waals surface area contributed by atoms with Crippen molar-refractivity contribution in [1.29, 1.82) is 0 Å². The van der Waals surface area contributed by atoms with Crippen LogP contribution >= 0.6 is 7.52 Å². The van der Waals surface area contributed by atoms with Gasteiger partial charge in [0.05, 0.1) is 6.16 Å². The third-order valence-corrected chi connectivity index (χ3v) is 4.12. The monoisotopic (exact) mass is 319 g/mol. The van der Waals surface area contributed by atoms with Crippen LogP contribution in [-0.4, -0.2) is 33.1 Å². The highest BCUT2D eigenvalue weighted by Crippen LogP contribution is 2.40. The quantitative estimate of drug-likeness (QED) is 0.534. The van der Waals surface area contributed by atoms with E-state index in [-0.39, 0.29) is 12.6 Å². The fraction of sp³-hybridized carbons (Fsp3) is 0.333. The predicted molar refractivity (Wildman–Crippen MR) is 71.4 cm³/mol. The third kappa shape index (κ3) is 6.48. The molecule has 1 aromatic rings. The summed E-state index contributed by atoms with van der Waals surface area (Å²) in [4.78, 5) is 31.1. The van der Waals surface area contributed by atoms with Gasteiger partial charge in [-0.2, -0.15) is 0 Å². The van der Waals surface area contributed by atoms with E-state index in [1.54, 1.807) is 0 Å². The van der Waals surface area contributed by atoms with Crippen LogP contribution in [0, 0.1) is 5.82 Å². The lowest BCUT2D eigenvalue weighted by Crippen LogP contribution is -2.35. The Morgan fingerprint density at radius 3 is 2.29 bits per heavy atom. The van der Waals surface area contributed by atoms with E-state index in [4.69, 9.17) is 10.2 Å². The third-order valence-electron chi connectivity index (χ3n) is 2.61. The normalized spacial score (nSPS) is 15.1. The van der Waals surface area contributed by atoms with Crippen LogP contribution in [0.2, 0.25) is 0 Å². The van der Waals surface area contributed by atoms with Crippen molar-refractivity contribution in [2.24, 2.45) is 0 Å². The predicted octanol–water partition coefficient (Wildman–Crippen LogP) is 1.42. The smallest absolute Gasteiger partial charge is 0.321 e. The number of aliphatic carboxylic acids is 2. The van der Waals surface area contributed by atoms with E-state index in [1.807, 2.05) is 0 Å². The van der Waals surface area contributed by atoms with Crippen molar-refractivity contribution < 1.29 is 33.7 Å². The van der Waals surface area contributed by atoms with Crippen LogP contribution in [0.15, 0.2) is 24.3 Å². The van der Waals surface area contributed by atoms with Crippen LogP contribution in [0.5, 0.6) is 0 Å². The van der Waals surface area contributed by atoms with Crippen molar-refractivity contribution >= 4 is 19.5 Å². The highest BCUT2D eigenvalue weighted by Gasteiger charge is 2.28. The van der Waals surface area contributed by atoms with Crippen molar-refractivity contribution in [2.45, 2.75) is 25.0 Å². The number of benzene rings is 1.